The smallest absolute Gasteiger partial charge is 0.308 e. The molecule has 0 aliphatic heterocycles. The van der Waals surface area contributed by atoms with E-state index < -0.39 is 17.7 Å². The summed E-state index contributed by atoms with van der Waals surface area (Å²) in [6, 6.07) is 4.58. The van der Waals surface area contributed by atoms with Crippen molar-refractivity contribution < 1.29 is 14.3 Å². The van der Waals surface area contributed by atoms with Gasteiger partial charge in [0.1, 0.15) is 5.82 Å². The highest BCUT2D eigenvalue weighted by Gasteiger charge is 2.12. The van der Waals surface area contributed by atoms with Crippen LogP contribution in [0.15, 0.2) is 22.7 Å². The zero-order valence-corrected chi connectivity index (χ0v) is 9.71. The second kappa shape index (κ2) is 5.11. The van der Waals surface area contributed by atoms with Gasteiger partial charge in [-0.15, -0.1) is 0 Å². The van der Waals surface area contributed by atoms with E-state index in [9.17, 15) is 9.18 Å². The minimum atomic E-state index is -0.907. The van der Waals surface area contributed by atoms with Gasteiger partial charge >= 0.3 is 5.97 Å². The fourth-order valence-corrected chi connectivity index (χ4v) is 1.49. The van der Waals surface area contributed by atoms with Crippen molar-refractivity contribution >= 4 is 27.6 Å². The van der Waals surface area contributed by atoms with E-state index >= 15 is 0 Å². The third-order valence-corrected chi connectivity index (χ3v) is 2.63. The van der Waals surface area contributed by atoms with Crippen LogP contribution in [0, 0.1) is 11.7 Å². The van der Waals surface area contributed by atoms with Crippen molar-refractivity contribution in [3.63, 3.8) is 0 Å². The van der Waals surface area contributed by atoms with Gasteiger partial charge in [0.05, 0.1) is 11.6 Å². The quantitative estimate of drug-likeness (QED) is 0.889. The topological polar surface area (TPSA) is 49.3 Å². The first-order chi connectivity index (χ1) is 7.02. The molecular weight excluding hydrogens is 265 g/mol. The number of rotatable bonds is 4. The van der Waals surface area contributed by atoms with E-state index in [2.05, 4.69) is 21.2 Å². The number of carboxylic acids is 1. The maximum Gasteiger partial charge on any atom is 0.308 e. The first-order valence-electron chi connectivity index (χ1n) is 4.43. The Hall–Kier alpha value is -1.10. The van der Waals surface area contributed by atoms with Crippen molar-refractivity contribution in [2.24, 2.45) is 5.92 Å². The molecule has 0 amide bonds. The van der Waals surface area contributed by atoms with Gasteiger partial charge in [-0.2, -0.15) is 0 Å². The van der Waals surface area contributed by atoms with Crippen LogP contribution in [0.2, 0.25) is 0 Å². The average Bonchev–Trinajstić information content (AvgIpc) is 2.16. The summed E-state index contributed by atoms with van der Waals surface area (Å²) >= 11 is 3.18. The number of aliphatic carboxylic acids is 1. The molecule has 5 heteroatoms. The van der Waals surface area contributed by atoms with Crippen LogP contribution in [0.5, 0.6) is 0 Å². The number of hydrogen-bond donors (Lipinski definition) is 2. The molecule has 0 saturated carbocycles. The molecule has 1 atom stereocenters. The Kier molecular flexibility index (Phi) is 4.08. The summed E-state index contributed by atoms with van der Waals surface area (Å²) in [4.78, 5) is 10.5. The lowest BCUT2D eigenvalue weighted by Gasteiger charge is -2.11. The molecule has 0 bridgehead atoms. The molecule has 3 nitrogen and oxygen atoms in total. The first kappa shape index (κ1) is 12.0. The number of hydrogen-bond acceptors (Lipinski definition) is 2. The van der Waals surface area contributed by atoms with Crippen molar-refractivity contribution in [2.45, 2.75) is 6.92 Å². The Morgan fingerprint density at radius 3 is 2.87 bits per heavy atom. The van der Waals surface area contributed by atoms with Crippen molar-refractivity contribution in [1.82, 2.24) is 0 Å². The lowest BCUT2D eigenvalue weighted by molar-refractivity contribution is -0.140. The fourth-order valence-electron chi connectivity index (χ4n) is 1.01. The predicted molar refractivity (Wildman–Crippen MR) is 59.4 cm³/mol. The highest BCUT2D eigenvalue weighted by Crippen LogP contribution is 2.25. The van der Waals surface area contributed by atoms with E-state index in [1.54, 1.807) is 19.1 Å². The second-order valence-electron chi connectivity index (χ2n) is 3.22. The maximum absolute atomic E-state index is 13.3. The molecule has 0 spiro atoms. The van der Waals surface area contributed by atoms with Crippen LogP contribution in [0.3, 0.4) is 0 Å². The zero-order valence-electron chi connectivity index (χ0n) is 8.13. The standard InChI is InChI=1S/C10H11BrFNO2/c1-6(10(14)15)5-13-9-7(11)3-2-4-8(9)12/h2-4,6,13H,5H2,1H3,(H,14,15). The summed E-state index contributed by atoms with van der Waals surface area (Å²) in [7, 11) is 0. The van der Waals surface area contributed by atoms with Gasteiger partial charge in [-0.3, -0.25) is 4.79 Å². The van der Waals surface area contributed by atoms with Gasteiger partial charge < -0.3 is 10.4 Å². The number of nitrogens with one attached hydrogen (secondary N) is 1. The minimum Gasteiger partial charge on any atom is -0.481 e. The lowest BCUT2D eigenvalue weighted by Crippen LogP contribution is -2.20. The SMILES string of the molecule is CC(CNc1c(F)cccc1Br)C(=O)O. The highest BCUT2D eigenvalue weighted by atomic mass is 79.9. The maximum atomic E-state index is 13.3. The summed E-state index contributed by atoms with van der Waals surface area (Å²) in [6.07, 6.45) is 0. The van der Waals surface area contributed by atoms with E-state index in [4.69, 9.17) is 5.11 Å². The molecule has 0 saturated heterocycles. The molecule has 15 heavy (non-hydrogen) atoms. The van der Waals surface area contributed by atoms with Crippen molar-refractivity contribution in [3.05, 3.63) is 28.5 Å². The monoisotopic (exact) mass is 275 g/mol. The van der Waals surface area contributed by atoms with Gasteiger partial charge in [0.2, 0.25) is 0 Å². The van der Waals surface area contributed by atoms with Crippen molar-refractivity contribution in [2.75, 3.05) is 11.9 Å². The number of benzene rings is 1. The molecule has 0 heterocycles. The Bertz CT molecular complexity index is 350. The first-order valence-corrected chi connectivity index (χ1v) is 5.22. The van der Waals surface area contributed by atoms with Gasteiger partial charge in [-0.05, 0) is 28.1 Å². The third kappa shape index (κ3) is 3.20. The summed E-state index contributed by atoms with van der Waals surface area (Å²) in [5.41, 5.74) is 0.297. The lowest BCUT2D eigenvalue weighted by atomic mass is 10.2. The van der Waals surface area contributed by atoms with E-state index in [-0.39, 0.29) is 6.54 Å². The third-order valence-electron chi connectivity index (χ3n) is 1.97. The molecular formula is C10H11BrFNO2. The molecule has 0 radical (unpaired) electrons. The second-order valence-corrected chi connectivity index (χ2v) is 4.07. The van der Waals surface area contributed by atoms with E-state index in [0.717, 1.165) is 0 Å². The molecule has 0 fully saturated rings. The average molecular weight is 276 g/mol. The van der Waals surface area contributed by atoms with Gasteiger partial charge in [0, 0.05) is 11.0 Å². The fraction of sp³-hybridized carbons (Fsp3) is 0.300. The van der Waals surface area contributed by atoms with Gasteiger partial charge in [-0.1, -0.05) is 13.0 Å². The molecule has 0 aliphatic carbocycles. The van der Waals surface area contributed by atoms with Gasteiger partial charge in [0.25, 0.3) is 0 Å². The summed E-state index contributed by atoms with van der Waals surface area (Å²) in [5.74, 6) is -1.87. The van der Waals surface area contributed by atoms with Crippen molar-refractivity contribution in [3.8, 4) is 0 Å². The summed E-state index contributed by atoms with van der Waals surface area (Å²) < 4.78 is 13.8. The van der Waals surface area contributed by atoms with Crippen LogP contribution in [-0.2, 0) is 4.79 Å². The zero-order chi connectivity index (χ0) is 11.4. The molecule has 2 N–H and O–H groups in total. The van der Waals surface area contributed by atoms with Crippen LogP contribution in [-0.4, -0.2) is 17.6 Å². The van der Waals surface area contributed by atoms with Crippen LogP contribution >= 0.6 is 15.9 Å². The molecule has 1 rings (SSSR count). The van der Waals surface area contributed by atoms with E-state index in [1.165, 1.54) is 6.07 Å². The number of anilines is 1. The Labute approximate surface area is 95.4 Å². The largest absolute Gasteiger partial charge is 0.481 e. The molecule has 82 valence electrons. The number of para-hydroxylation sites is 1. The van der Waals surface area contributed by atoms with Gasteiger partial charge in [0.15, 0.2) is 0 Å². The minimum absolute atomic E-state index is 0.189. The van der Waals surface area contributed by atoms with E-state index in [1.807, 2.05) is 0 Å². The van der Waals surface area contributed by atoms with Gasteiger partial charge in [-0.25, -0.2) is 4.39 Å². The molecule has 1 aromatic rings. The number of halogens is 2. The van der Waals surface area contributed by atoms with E-state index in [0.29, 0.717) is 10.2 Å². The highest BCUT2D eigenvalue weighted by molar-refractivity contribution is 9.10. The molecule has 0 aliphatic rings. The Balaban J connectivity index is 2.69. The Morgan fingerprint density at radius 2 is 2.33 bits per heavy atom. The molecule has 1 aromatic carbocycles. The normalized spacial score (nSPS) is 12.2. The van der Waals surface area contributed by atoms with Crippen LogP contribution < -0.4 is 5.32 Å². The van der Waals surface area contributed by atoms with Crippen molar-refractivity contribution in [1.29, 1.82) is 0 Å². The molecule has 1 unspecified atom stereocenters. The summed E-state index contributed by atoms with van der Waals surface area (Å²) in [5, 5.41) is 11.4. The van der Waals surface area contributed by atoms with Crippen LogP contribution in [0.4, 0.5) is 10.1 Å². The number of carboxylic acid groups (broad SMARTS) is 1. The van der Waals surface area contributed by atoms with Crippen LogP contribution in [0.25, 0.3) is 0 Å². The summed E-state index contributed by atoms with van der Waals surface area (Å²) in [6.45, 7) is 1.75. The predicted octanol–water partition coefficient (Wildman–Crippen LogP) is 2.72. The van der Waals surface area contributed by atoms with Crippen LogP contribution in [0.1, 0.15) is 6.92 Å². The Morgan fingerprint density at radius 1 is 1.67 bits per heavy atom. The number of carbonyl (C=O) groups is 1. The molecule has 0 aromatic heterocycles.